The van der Waals surface area contributed by atoms with E-state index in [0.717, 1.165) is 25.8 Å². The Balaban J connectivity index is 1.68. The number of aliphatic hydroxyl groups excluding tert-OH is 1. The maximum atomic E-state index is 15.9. The SMILES string of the molecule is COc1ccc(COC(=O)C(N2C(=O)[C@H]([C@@H](C)O[Si](C)(C)C(C)(C)C)[C@H]2[C@H](CO[Si](C)(C)C(C)(C)C)[C@@H](O)CSc2nncs2)=P(c2ccccc2)(c2ccccc2)c2ccccc2)cc1. The quantitative estimate of drug-likeness (QED) is 0.0282. The summed E-state index contributed by atoms with van der Waals surface area (Å²) in [4.78, 5) is 33.5. The molecule has 5 aromatic rings. The number of nitrogens with zero attached hydrogens (tertiary/aromatic N) is 3. The van der Waals surface area contributed by atoms with Crippen LogP contribution in [0, 0.1) is 11.8 Å². The first-order valence-electron chi connectivity index (χ1n) is 22.6. The van der Waals surface area contributed by atoms with E-state index in [1.807, 2.05) is 85.8 Å². The highest BCUT2D eigenvalue weighted by atomic mass is 32.2. The summed E-state index contributed by atoms with van der Waals surface area (Å²) in [7, 11) is -3.29. The van der Waals surface area contributed by atoms with Crippen LogP contribution in [0.15, 0.2) is 125 Å². The van der Waals surface area contributed by atoms with Gasteiger partial charge in [0.05, 0.1) is 31.3 Å². The number of rotatable bonds is 19. The Morgan fingerprint density at radius 3 is 1.79 bits per heavy atom. The van der Waals surface area contributed by atoms with Crippen molar-refractivity contribution in [1.82, 2.24) is 15.1 Å². The number of benzene rings is 4. The van der Waals surface area contributed by atoms with E-state index in [4.69, 9.17) is 18.3 Å². The standard InChI is InChI=1S/C51H68N3O7PS2Si2/c1-36(61-66(11,12)51(5,6)7)44-45(42(33-60-65(9,10)50(2,3)4)43(55)34-63-49-53-52-35-64-49)54(46(44)56)47(48(57)59-32-37-28-30-38(58-8)31-29-37)62(39-22-16-13-17-23-39,40-24-18-14-19-25-40)41-26-20-15-21-27-41/h13-31,35-36,42-45,55H,32-34H2,1-12H3/t36-,42-,43+,44-,45-/m1/s1. The largest absolute Gasteiger partial charge is 0.497 e. The molecule has 0 radical (unpaired) electrons. The van der Waals surface area contributed by atoms with Crippen LogP contribution < -0.4 is 20.7 Å². The number of carbonyl (C=O) groups is 2. The van der Waals surface area contributed by atoms with Crippen molar-refractivity contribution in [1.29, 1.82) is 0 Å². The van der Waals surface area contributed by atoms with Crippen LogP contribution in [-0.2, 0) is 29.8 Å². The Morgan fingerprint density at radius 1 is 0.818 bits per heavy atom. The van der Waals surface area contributed by atoms with Gasteiger partial charge < -0.3 is 28.3 Å². The number of β-lactam (4-membered cyclic amide) rings is 1. The van der Waals surface area contributed by atoms with Crippen LogP contribution in [0.5, 0.6) is 5.75 Å². The number of aromatic nitrogens is 2. The summed E-state index contributed by atoms with van der Waals surface area (Å²) in [6, 6.07) is 36.7. The number of amides is 1. The average Bonchev–Trinajstić information content (AvgIpc) is 3.81. The molecule has 66 heavy (non-hydrogen) atoms. The fraction of sp³-hybridized carbons (Fsp3) is 0.431. The van der Waals surface area contributed by atoms with Gasteiger partial charge in [-0.3, -0.25) is 4.79 Å². The van der Waals surface area contributed by atoms with Gasteiger partial charge in [-0.2, -0.15) is 0 Å². The third-order valence-electron chi connectivity index (χ3n) is 13.8. The first-order valence-corrected chi connectivity index (χ1v) is 32.1. The molecule has 0 bridgehead atoms. The second-order valence-corrected chi connectivity index (χ2v) is 35.0. The van der Waals surface area contributed by atoms with Crippen molar-refractivity contribution in [2.75, 3.05) is 19.5 Å². The van der Waals surface area contributed by atoms with Crippen LogP contribution >= 0.6 is 30.0 Å². The number of hydrogen-bond donors (Lipinski definition) is 1. The molecule has 2 heterocycles. The minimum absolute atomic E-state index is 0.0509. The summed E-state index contributed by atoms with van der Waals surface area (Å²) in [5.41, 5.74) is 2.68. The van der Waals surface area contributed by atoms with E-state index in [-0.39, 0.29) is 40.4 Å². The summed E-state index contributed by atoms with van der Waals surface area (Å²) in [6.45, 7) is 20.7. The minimum atomic E-state index is -3.32. The normalized spacial score (nSPS) is 17.4. The van der Waals surface area contributed by atoms with Gasteiger partial charge >= 0.3 is 5.97 Å². The van der Waals surface area contributed by atoms with Gasteiger partial charge in [-0.15, -0.1) is 10.2 Å². The summed E-state index contributed by atoms with van der Waals surface area (Å²) < 4.78 is 26.9. The molecule has 15 heteroatoms. The van der Waals surface area contributed by atoms with Crippen LogP contribution in [0.2, 0.25) is 36.3 Å². The first kappa shape index (κ1) is 51.5. The van der Waals surface area contributed by atoms with Gasteiger partial charge in [-0.25, -0.2) is 4.79 Å². The topological polar surface area (TPSA) is 120 Å². The van der Waals surface area contributed by atoms with Gasteiger partial charge in [0.25, 0.3) is 0 Å². The Hall–Kier alpha value is -3.86. The lowest BCUT2D eigenvalue weighted by Crippen LogP contribution is -2.73. The van der Waals surface area contributed by atoms with Crippen molar-refractivity contribution >= 4 is 79.8 Å². The number of likely N-dealkylation sites (tertiary alicyclic amines) is 1. The number of esters is 1. The number of aliphatic hydroxyl groups is 1. The number of carbonyl (C=O) groups excluding carboxylic acids is 2. The van der Waals surface area contributed by atoms with Crippen molar-refractivity contribution in [2.45, 2.75) is 114 Å². The van der Waals surface area contributed by atoms with Gasteiger partial charge in [0.1, 0.15) is 23.3 Å². The van der Waals surface area contributed by atoms with Crippen molar-refractivity contribution < 1.29 is 33.0 Å². The molecular formula is C51H68N3O7PS2Si2. The fourth-order valence-corrected chi connectivity index (χ4v) is 16.4. The molecule has 0 aliphatic carbocycles. The highest BCUT2D eigenvalue weighted by Gasteiger charge is 2.60. The van der Waals surface area contributed by atoms with Crippen LogP contribution in [0.25, 0.3) is 0 Å². The molecular weight excluding hydrogens is 918 g/mol. The number of hydrogen-bond acceptors (Lipinski definition) is 11. The van der Waals surface area contributed by atoms with Crippen molar-refractivity contribution in [2.24, 2.45) is 11.8 Å². The predicted molar refractivity (Wildman–Crippen MR) is 278 cm³/mol. The Bertz CT molecular complexity index is 2330. The summed E-state index contributed by atoms with van der Waals surface area (Å²) in [5, 5.41) is 23.4. The Kier molecular flexibility index (Phi) is 16.6. The smallest absolute Gasteiger partial charge is 0.356 e. The molecule has 1 aliphatic heterocycles. The zero-order valence-corrected chi connectivity index (χ0v) is 45.1. The molecule has 1 amide bonds. The van der Waals surface area contributed by atoms with Crippen LogP contribution in [0.4, 0.5) is 0 Å². The highest BCUT2D eigenvalue weighted by molar-refractivity contribution is 8.01. The third-order valence-corrected chi connectivity index (χ3v) is 29.1. The molecule has 354 valence electrons. The number of methoxy groups -OCH3 is 1. The molecule has 0 unspecified atom stereocenters. The molecule has 0 saturated carbocycles. The molecule has 4 aromatic carbocycles. The van der Waals surface area contributed by atoms with E-state index in [9.17, 15) is 5.11 Å². The molecule has 10 nitrogen and oxygen atoms in total. The van der Waals surface area contributed by atoms with E-state index in [0.29, 0.717) is 5.75 Å². The minimum Gasteiger partial charge on any atom is -0.497 e. The summed E-state index contributed by atoms with van der Waals surface area (Å²) in [6.07, 6.45) is -1.56. The van der Waals surface area contributed by atoms with E-state index in [1.165, 1.54) is 23.1 Å². The maximum absolute atomic E-state index is 15.9. The fourth-order valence-electron chi connectivity index (χ4n) is 7.99. The van der Waals surface area contributed by atoms with Crippen LogP contribution in [-0.4, -0.2) is 91.9 Å². The molecule has 1 fully saturated rings. The number of ether oxygens (including phenoxy) is 2. The van der Waals surface area contributed by atoms with Crippen molar-refractivity contribution in [3.63, 3.8) is 0 Å². The van der Waals surface area contributed by atoms with Crippen molar-refractivity contribution in [3.8, 4) is 5.75 Å². The Labute approximate surface area is 403 Å². The van der Waals surface area contributed by atoms with Gasteiger partial charge in [0.2, 0.25) is 5.91 Å². The molecule has 0 spiro atoms. The zero-order valence-electron chi connectivity index (χ0n) is 40.6. The highest BCUT2D eigenvalue weighted by Crippen LogP contribution is 2.52. The second kappa shape index (κ2) is 21.2. The van der Waals surface area contributed by atoms with Crippen LogP contribution in [0.1, 0.15) is 54.0 Å². The van der Waals surface area contributed by atoms with Crippen molar-refractivity contribution in [3.05, 3.63) is 126 Å². The van der Waals surface area contributed by atoms with Crippen LogP contribution in [0.3, 0.4) is 0 Å². The molecule has 1 N–H and O–H groups in total. The lowest BCUT2D eigenvalue weighted by Gasteiger charge is -2.56. The van der Waals surface area contributed by atoms with E-state index < -0.39 is 59.6 Å². The average molecular weight is 986 g/mol. The number of thioether (sulfide) groups is 1. The Morgan fingerprint density at radius 2 is 1.33 bits per heavy atom. The lowest BCUT2D eigenvalue weighted by molar-refractivity contribution is -0.164. The van der Waals surface area contributed by atoms with Gasteiger partial charge in [0, 0.05) is 25.2 Å². The van der Waals surface area contributed by atoms with E-state index in [2.05, 4.69) is 114 Å². The maximum Gasteiger partial charge on any atom is 0.356 e. The third kappa shape index (κ3) is 11.0. The van der Waals surface area contributed by atoms with E-state index >= 15 is 9.59 Å². The molecule has 1 aliphatic rings. The monoisotopic (exact) mass is 985 g/mol. The van der Waals surface area contributed by atoms with E-state index in [1.54, 1.807) is 17.5 Å². The van der Waals surface area contributed by atoms with Gasteiger partial charge in [-0.1, -0.05) is 168 Å². The summed E-state index contributed by atoms with van der Waals surface area (Å²) >= 11 is 2.83. The molecule has 1 aromatic heterocycles. The second-order valence-electron chi connectivity index (χ2n) is 20.1. The summed E-state index contributed by atoms with van der Waals surface area (Å²) in [5.74, 6) is -1.33. The molecule has 1 saturated heterocycles. The first-order chi connectivity index (χ1) is 31.1. The lowest BCUT2D eigenvalue weighted by atomic mass is 9.74. The van der Waals surface area contributed by atoms with Gasteiger partial charge in [-0.05, 0) is 76.8 Å². The zero-order chi connectivity index (χ0) is 48.1. The van der Waals surface area contributed by atoms with Gasteiger partial charge in [0.15, 0.2) is 21.0 Å². The predicted octanol–water partition coefficient (Wildman–Crippen LogP) is 9.74. The molecule has 5 atom stereocenters. The molecule has 6 rings (SSSR count).